The van der Waals surface area contributed by atoms with Crippen LogP contribution in [0.4, 0.5) is 0 Å². The van der Waals surface area contributed by atoms with E-state index >= 15 is 0 Å². The molecule has 1 aromatic heterocycles. The number of amides is 1. The summed E-state index contributed by atoms with van der Waals surface area (Å²) in [5.41, 5.74) is 3.44. The quantitative estimate of drug-likeness (QED) is 0.697. The van der Waals surface area contributed by atoms with Crippen LogP contribution in [0.1, 0.15) is 31.4 Å². The van der Waals surface area contributed by atoms with Crippen molar-refractivity contribution >= 4 is 29.4 Å². The Labute approximate surface area is 157 Å². The third-order valence-corrected chi connectivity index (χ3v) is 4.76. The summed E-state index contributed by atoms with van der Waals surface area (Å²) in [6.07, 6.45) is 5.46. The molecule has 132 valence electrons. The molecule has 0 saturated carbocycles. The van der Waals surface area contributed by atoms with Gasteiger partial charge in [-0.05, 0) is 36.3 Å². The normalized spacial score (nSPS) is 10.8. The number of ether oxygens (including phenoxy) is 1. The molecule has 1 heterocycles. The minimum atomic E-state index is -0.114. The molecule has 0 spiro atoms. The van der Waals surface area contributed by atoms with Crippen LogP contribution in [0, 0.1) is 6.92 Å². The first-order valence-electron chi connectivity index (χ1n) is 8.28. The van der Waals surface area contributed by atoms with E-state index in [2.05, 4.69) is 41.5 Å². The lowest BCUT2D eigenvalue weighted by molar-refractivity contribution is 0.0967. The number of rotatable bonds is 6. The second-order valence-corrected chi connectivity index (χ2v) is 6.88. The lowest BCUT2D eigenvalue weighted by Gasteiger charge is -2.06. The molecular formula is C21H20N2O2S. The summed E-state index contributed by atoms with van der Waals surface area (Å²) < 4.78 is 5.81. The molecule has 0 radical (unpaired) electrons. The molecule has 1 amide bonds. The van der Waals surface area contributed by atoms with E-state index in [0.29, 0.717) is 11.5 Å². The van der Waals surface area contributed by atoms with Crippen molar-refractivity contribution in [2.45, 2.75) is 13.5 Å². The number of nitrogens with one attached hydrogen (secondary N) is 1. The zero-order chi connectivity index (χ0) is 18.4. The Kier molecular flexibility index (Phi) is 5.81. The van der Waals surface area contributed by atoms with Gasteiger partial charge in [0.1, 0.15) is 22.2 Å². The molecular weight excluding hydrogens is 344 g/mol. The van der Waals surface area contributed by atoms with Crippen LogP contribution in [0.3, 0.4) is 0 Å². The molecule has 0 aliphatic carbocycles. The van der Waals surface area contributed by atoms with Crippen molar-refractivity contribution in [3.63, 3.8) is 0 Å². The molecule has 1 N–H and O–H groups in total. The lowest BCUT2D eigenvalue weighted by atomic mass is 10.2. The van der Waals surface area contributed by atoms with Gasteiger partial charge in [-0.25, -0.2) is 4.98 Å². The van der Waals surface area contributed by atoms with Crippen molar-refractivity contribution in [3.8, 4) is 5.75 Å². The van der Waals surface area contributed by atoms with Gasteiger partial charge in [-0.15, -0.1) is 11.3 Å². The number of nitrogens with zero attached hydrogens (tertiary/aromatic N) is 1. The van der Waals surface area contributed by atoms with Crippen LogP contribution in [0.5, 0.6) is 5.75 Å². The summed E-state index contributed by atoms with van der Waals surface area (Å²) in [4.78, 5) is 16.4. The molecule has 3 aromatic rings. The fourth-order valence-corrected chi connectivity index (χ4v) is 3.05. The highest BCUT2D eigenvalue weighted by Gasteiger charge is 2.06. The highest BCUT2D eigenvalue weighted by Crippen LogP contribution is 2.18. The van der Waals surface area contributed by atoms with E-state index in [-0.39, 0.29) is 5.91 Å². The fourth-order valence-electron chi connectivity index (χ4n) is 2.29. The molecule has 0 unspecified atom stereocenters. The summed E-state index contributed by atoms with van der Waals surface area (Å²) in [6, 6.07) is 16.2. The second-order valence-electron chi connectivity index (χ2n) is 5.82. The van der Waals surface area contributed by atoms with Gasteiger partial charge in [-0.2, -0.15) is 0 Å². The molecule has 0 aliphatic rings. The Balaban J connectivity index is 1.57. The van der Waals surface area contributed by atoms with Gasteiger partial charge in [0.2, 0.25) is 0 Å². The van der Waals surface area contributed by atoms with Gasteiger partial charge in [0.25, 0.3) is 5.91 Å². The third kappa shape index (κ3) is 4.80. The molecule has 0 bridgehead atoms. The number of carbonyl (C=O) groups excluding carboxylic acids is 1. The van der Waals surface area contributed by atoms with Gasteiger partial charge in [0, 0.05) is 7.05 Å². The summed E-state index contributed by atoms with van der Waals surface area (Å²) in [5, 5.41) is 3.39. The largest absolute Gasteiger partial charge is 0.489 e. The van der Waals surface area contributed by atoms with E-state index in [1.807, 2.05) is 36.4 Å². The topological polar surface area (TPSA) is 51.2 Å². The van der Waals surface area contributed by atoms with Gasteiger partial charge in [0.15, 0.2) is 0 Å². The predicted molar refractivity (Wildman–Crippen MR) is 106 cm³/mol. The van der Waals surface area contributed by atoms with Gasteiger partial charge in [-0.3, -0.25) is 4.79 Å². The van der Waals surface area contributed by atoms with Crippen LogP contribution in [-0.4, -0.2) is 17.9 Å². The van der Waals surface area contributed by atoms with E-state index in [1.165, 1.54) is 16.9 Å². The van der Waals surface area contributed by atoms with E-state index in [0.717, 1.165) is 21.9 Å². The van der Waals surface area contributed by atoms with Crippen LogP contribution in [0.25, 0.3) is 12.2 Å². The zero-order valence-electron chi connectivity index (χ0n) is 14.7. The number of aryl methyl sites for hydroxylation is 1. The van der Waals surface area contributed by atoms with Crippen molar-refractivity contribution in [2.75, 3.05) is 7.05 Å². The van der Waals surface area contributed by atoms with Gasteiger partial charge in [-0.1, -0.05) is 48.0 Å². The molecule has 4 nitrogen and oxygen atoms in total. The smallest absolute Gasteiger partial charge is 0.262 e. The minimum absolute atomic E-state index is 0.114. The highest BCUT2D eigenvalue weighted by molar-refractivity contribution is 7.14. The van der Waals surface area contributed by atoms with Gasteiger partial charge < -0.3 is 10.1 Å². The van der Waals surface area contributed by atoms with Crippen LogP contribution < -0.4 is 10.1 Å². The number of hydrogen-bond donors (Lipinski definition) is 1. The highest BCUT2D eigenvalue weighted by atomic mass is 32.1. The van der Waals surface area contributed by atoms with Crippen molar-refractivity contribution in [1.82, 2.24) is 10.3 Å². The summed E-state index contributed by atoms with van der Waals surface area (Å²) >= 11 is 1.36. The van der Waals surface area contributed by atoms with Crippen molar-refractivity contribution < 1.29 is 9.53 Å². The first-order valence-corrected chi connectivity index (χ1v) is 9.10. The Morgan fingerprint density at radius 1 is 1.12 bits per heavy atom. The number of benzene rings is 2. The number of carbonyl (C=O) groups is 1. The number of hydrogen-bond acceptors (Lipinski definition) is 4. The number of aromatic nitrogens is 1. The monoisotopic (exact) mass is 364 g/mol. The molecule has 0 aliphatic heterocycles. The van der Waals surface area contributed by atoms with Crippen LogP contribution in [0.2, 0.25) is 0 Å². The Morgan fingerprint density at radius 3 is 2.54 bits per heavy atom. The molecule has 3 rings (SSSR count). The maximum atomic E-state index is 11.5. The molecule has 0 atom stereocenters. The molecule has 5 heteroatoms. The van der Waals surface area contributed by atoms with E-state index in [4.69, 9.17) is 4.74 Å². The molecule has 0 fully saturated rings. The third-order valence-electron chi connectivity index (χ3n) is 3.80. The van der Waals surface area contributed by atoms with Crippen molar-refractivity contribution in [1.29, 1.82) is 0 Å². The van der Waals surface area contributed by atoms with Crippen molar-refractivity contribution in [3.05, 3.63) is 81.3 Å². The summed E-state index contributed by atoms with van der Waals surface area (Å²) in [5.74, 6) is 0.719. The number of thiazole rings is 1. The zero-order valence-corrected chi connectivity index (χ0v) is 15.5. The van der Waals surface area contributed by atoms with Gasteiger partial charge >= 0.3 is 0 Å². The molecule has 0 saturated heterocycles. The first-order chi connectivity index (χ1) is 12.6. The molecule has 2 aromatic carbocycles. The Hall–Kier alpha value is -2.92. The predicted octanol–water partition coefficient (Wildman–Crippen LogP) is 4.56. The average Bonchev–Trinajstić information content (AvgIpc) is 3.15. The van der Waals surface area contributed by atoms with Crippen LogP contribution in [0.15, 0.2) is 54.7 Å². The summed E-state index contributed by atoms with van der Waals surface area (Å²) in [6.45, 7) is 2.62. The van der Waals surface area contributed by atoms with Crippen LogP contribution in [-0.2, 0) is 6.61 Å². The molecule has 26 heavy (non-hydrogen) atoms. The SMILES string of the molecule is CNC(=O)c1cnc(/C=C/c2ccc(OCc3ccc(C)cc3)cc2)s1. The maximum Gasteiger partial charge on any atom is 0.262 e. The maximum absolute atomic E-state index is 11.5. The van der Waals surface area contributed by atoms with E-state index in [1.54, 1.807) is 13.2 Å². The Bertz CT molecular complexity index is 897. The lowest BCUT2D eigenvalue weighted by Crippen LogP contribution is -2.16. The minimum Gasteiger partial charge on any atom is -0.489 e. The average molecular weight is 364 g/mol. The van der Waals surface area contributed by atoms with Crippen molar-refractivity contribution in [2.24, 2.45) is 0 Å². The van der Waals surface area contributed by atoms with Gasteiger partial charge in [0.05, 0.1) is 6.20 Å². The second kappa shape index (κ2) is 8.45. The van der Waals surface area contributed by atoms with E-state index < -0.39 is 0 Å². The fraction of sp³-hybridized carbons (Fsp3) is 0.143. The standard InChI is InChI=1S/C21H20N2O2S/c1-15-3-5-17(6-4-15)14-25-18-10-7-16(8-11-18)9-12-20-23-13-19(26-20)21(24)22-2/h3-13H,14H2,1-2H3,(H,22,24)/b12-9+. The Morgan fingerprint density at radius 2 is 1.85 bits per heavy atom. The van der Waals surface area contributed by atoms with Crippen LogP contribution >= 0.6 is 11.3 Å². The summed E-state index contributed by atoms with van der Waals surface area (Å²) in [7, 11) is 1.61. The first kappa shape index (κ1) is 17.9. The van der Waals surface area contributed by atoms with E-state index in [9.17, 15) is 4.79 Å².